The van der Waals surface area contributed by atoms with E-state index in [0.717, 1.165) is 23.0 Å². The van der Waals surface area contributed by atoms with Gasteiger partial charge in [-0.1, -0.05) is 30.7 Å². The molecule has 0 fully saturated rings. The number of aromatic nitrogens is 1. The number of pyridine rings is 1. The first kappa shape index (κ1) is 23.2. The topological polar surface area (TPSA) is 72.8 Å². The monoisotopic (exact) mass is 455 g/mol. The summed E-state index contributed by atoms with van der Waals surface area (Å²) in [4.78, 5) is 23.0. The molecule has 2 atom stereocenters. The molecule has 0 spiro atoms. The number of nitrogens with zero attached hydrogens (tertiary/aromatic N) is 2. The fraction of sp³-hybridized carbons (Fsp3) is 0.435. The molecule has 8 heteroatoms. The molecular formula is C23H29N3O3SSi. The quantitative estimate of drug-likeness (QED) is 0.385. The van der Waals surface area contributed by atoms with Crippen LogP contribution in [0, 0.1) is 12.3 Å². The minimum absolute atomic E-state index is 0.130. The van der Waals surface area contributed by atoms with E-state index < -0.39 is 19.0 Å². The van der Waals surface area contributed by atoms with Crippen molar-refractivity contribution in [2.24, 2.45) is 5.16 Å². The van der Waals surface area contributed by atoms with E-state index in [1.807, 2.05) is 38.3 Å². The lowest BCUT2D eigenvalue weighted by molar-refractivity contribution is -0.125. The molecule has 1 aliphatic heterocycles. The normalized spacial score (nSPS) is 17.5. The first-order valence-electron chi connectivity index (χ1n) is 10.1. The SMILES string of the molecule is C#Cc1cnc2ccc(OC(SC)C(=O)NC(C)(C)C3=NOC([Si](C)(C)C)C3)cc2c1. The van der Waals surface area contributed by atoms with E-state index in [1.165, 1.54) is 11.8 Å². The average Bonchev–Trinajstić information content (AvgIpc) is 3.23. The Balaban J connectivity index is 1.70. The highest BCUT2D eigenvalue weighted by atomic mass is 32.2. The van der Waals surface area contributed by atoms with Gasteiger partial charge in [0.1, 0.15) is 11.5 Å². The largest absolute Gasteiger partial charge is 0.470 e. The van der Waals surface area contributed by atoms with Crippen LogP contribution in [0.25, 0.3) is 10.9 Å². The third kappa shape index (κ3) is 5.41. The van der Waals surface area contributed by atoms with Crippen LogP contribution in [0.15, 0.2) is 35.6 Å². The van der Waals surface area contributed by atoms with Crippen LogP contribution >= 0.6 is 11.8 Å². The van der Waals surface area contributed by atoms with E-state index in [4.69, 9.17) is 16.0 Å². The third-order valence-electron chi connectivity index (χ3n) is 5.28. The van der Waals surface area contributed by atoms with Crippen LogP contribution in [0.2, 0.25) is 19.6 Å². The minimum atomic E-state index is -1.49. The molecule has 6 nitrogen and oxygen atoms in total. The van der Waals surface area contributed by atoms with Gasteiger partial charge in [0, 0.05) is 23.6 Å². The minimum Gasteiger partial charge on any atom is -0.470 e. The summed E-state index contributed by atoms with van der Waals surface area (Å²) in [6.45, 7) is 10.7. The lowest BCUT2D eigenvalue weighted by Gasteiger charge is -2.29. The molecule has 0 saturated carbocycles. The van der Waals surface area contributed by atoms with Gasteiger partial charge in [-0.3, -0.25) is 9.78 Å². The standard InChI is InChI=1S/C23H29N3O3SSi/c1-8-15-11-16-12-17(9-10-18(16)24-14-15)28-22(30-4)21(27)25-23(2,3)19-13-20(29-26-19)31(5,6)7/h1,9-12,14,20,22H,13H2,2-7H3,(H,25,27). The number of hydrogen-bond acceptors (Lipinski definition) is 6. The Morgan fingerprint density at radius 1 is 1.39 bits per heavy atom. The van der Waals surface area contributed by atoms with Crippen LogP contribution in [-0.4, -0.2) is 47.6 Å². The number of ether oxygens (including phenoxy) is 1. The summed E-state index contributed by atoms with van der Waals surface area (Å²) in [6.07, 6.45) is 9.71. The number of carbonyl (C=O) groups excluding carboxylic acids is 1. The maximum Gasteiger partial charge on any atom is 0.272 e. The van der Waals surface area contributed by atoms with Crippen molar-refractivity contribution in [1.29, 1.82) is 0 Å². The van der Waals surface area contributed by atoms with E-state index in [1.54, 1.807) is 12.3 Å². The van der Waals surface area contributed by atoms with Gasteiger partial charge in [-0.05, 0) is 44.4 Å². The van der Waals surface area contributed by atoms with Crippen LogP contribution in [0.3, 0.4) is 0 Å². The van der Waals surface area contributed by atoms with Gasteiger partial charge in [0.15, 0.2) is 0 Å². The third-order valence-corrected chi connectivity index (χ3v) is 8.26. The van der Waals surface area contributed by atoms with Crippen LogP contribution in [0.4, 0.5) is 0 Å². The van der Waals surface area contributed by atoms with Crippen molar-refractivity contribution in [1.82, 2.24) is 10.3 Å². The van der Waals surface area contributed by atoms with Crippen molar-refractivity contribution >= 4 is 42.4 Å². The first-order chi connectivity index (χ1) is 14.5. The van der Waals surface area contributed by atoms with E-state index in [9.17, 15) is 4.79 Å². The van der Waals surface area contributed by atoms with E-state index in [-0.39, 0.29) is 11.6 Å². The van der Waals surface area contributed by atoms with Crippen LogP contribution in [0.1, 0.15) is 25.8 Å². The number of carbonyl (C=O) groups is 1. The number of fused-ring (bicyclic) bond motifs is 1. The molecule has 1 aromatic carbocycles. The molecule has 1 aliphatic rings. The summed E-state index contributed by atoms with van der Waals surface area (Å²) in [5.74, 6) is 2.95. The summed E-state index contributed by atoms with van der Waals surface area (Å²) in [5.41, 5.74) is 1.15. The molecule has 3 rings (SSSR count). The summed E-state index contributed by atoms with van der Waals surface area (Å²) in [7, 11) is -1.49. The number of hydrogen-bond donors (Lipinski definition) is 1. The smallest absolute Gasteiger partial charge is 0.272 e. The van der Waals surface area contributed by atoms with Crippen molar-refractivity contribution in [3.63, 3.8) is 0 Å². The van der Waals surface area contributed by atoms with Gasteiger partial charge in [0.25, 0.3) is 5.91 Å². The Bertz CT molecular complexity index is 1060. The lowest BCUT2D eigenvalue weighted by atomic mass is 9.96. The number of terminal acetylenes is 1. The summed E-state index contributed by atoms with van der Waals surface area (Å²) < 4.78 is 6.00. The van der Waals surface area contributed by atoms with E-state index >= 15 is 0 Å². The fourth-order valence-electron chi connectivity index (χ4n) is 3.24. The Hall–Kier alpha value is -2.50. The second-order valence-electron chi connectivity index (χ2n) is 9.22. The van der Waals surface area contributed by atoms with Crippen LogP contribution in [0.5, 0.6) is 5.75 Å². The second kappa shape index (κ2) is 8.93. The molecule has 2 heterocycles. The van der Waals surface area contributed by atoms with Gasteiger partial charge in [0.05, 0.1) is 24.8 Å². The molecule has 1 aromatic heterocycles. The van der Waals surface area contributed by atoms with Gasteiger partial charge in [-0.15, -0.1) is 18.2 Å². The number of nitrogens with one attached hydrogen (secondary N) is 1. The number of oxime groups is 1. The van der Waals surface area contributed by atoms with Crippen molar-refractivity contribution in [3.8, 4) is 18.1 Å². The molecule has 0 bridgehead atoms. The summed E-state index contributed by atoms with van der Waals surface area (Å²) in [6, 6.07) is 7.38. The highest BCUT2D eigenvalue weighted by Crippen LogP contribution is 2.27. The molecule has 0 saturated heterocycles. The number of rotatable bonds is 7. The number of benzene rings is 1. The first-order valence-corrected chi connectivity index (χ1v) is 15.0. The molecule has 164 valence electrons. The molecule has 1 N–H and O–H groups in total. The van der Waals surface area contributed by atoms with Gasteiger partial charge in [-0.2, -0.15) is 0 Å². The zero-order valence-corrected chi connectivity index (χ0v) is 20.7. The molecule has 2 unspecified atom stereocenters. The van der Waals surface area contributed by atoms with Crippen LogP contribution in [-0.2, 0) is 9.63 Å². The zero-order valence-electron chi connectivity index (χ0n) is 18.9. The van der Waals surface area contributed by atoms with E-state index in [0.29, 0.717) is 11.3 Å². The molecular weight excluding hydrogens is 426 g/mol. The van der Waals surface area contributed by atoms with Gasteiger partial charge in [-0.25, -0.2) is 0 Å². The maximum atomic E-state index is 13.0. The van der Waals surface area contributed by atoms with Crippen molar-refractivity contribution in [3.05, 3.63) is 36.0 Å². The Morgan fingerprint density at radius 3 is 2.74 bits per heavy atom. The van der Waals surface area contributed by atoms with Crippen molar-refractivity contribution in [2.75, 3.05) is 6.26 Å². The highest BCUT2D eigenvalue weighted by Gasteiger charge is 2.40. The van der Waals surface area contributed by atoms with Gasteiger partial charge < -0.3 is 14.9 Å². The lowest BCUT2D eigenvalue weighted by Crippen LogP contribution is -2.53. The van der Waals surface area contributed by atoms with Gasteiger partial charge in [0.2, 0.25) is 5.44 Å². The fourth-order valence-corrected chi connectivity index (χ4v) is 4.90. The number of thioether (sulfide) groups is 1. The second-order valence-corrected chi connectivity index (χ2v) is 15.5. The maximum absolute atomic E-state index is 13.0. The van der Waals surface area contributed by atoms with Gasteiger partial charge >= 0.3 is 0 Å². The molecule has 2 aromatic rings. The summed E-state index contributed by atoms with van der Waals surface area (Å²) in [5, 5.41) is 8.24. The molecule has 31 heavy (non-hydrogen) atoms. The molecule has 0 radical (unpaired) electrons. The predicted octanol–water partition coefficient (Wildman–Crippen LogP) is 4.20. The van der Waals surface area contributed by atoms with E-state index in [2.05, 4.69) is 41.0 Å². The Morgan fingerprint density at radius 2 is 2.13 bits per heavy atom. The van der Waals surface area contributed by atoms with Crippen molar-refractivity contribution in [2.45, 2.75) is 56.6 Å². The van der Waals surface area contributed by atoms with Crippen LogP contribution < -0.4 is 10.1 Å². The average molecular weight is 456 g/mol. The molecule has 1 amide bonds. The zero-order chi connectivity index (χ0) is 22.8. The Kier molecular flexibility index (Phi) is 6.67. The van der Waals surface area contributed by atoms with Crippen molar-refractivity contribution < 1.29 is 14.4 Å². The predicted molar refractivity (Wildman–Crippen MR) is 130 cm³/mol. The Labute approximate surface area is 189 Å². The number of amides is 1. The summed E-state index contributed by atoms with van der Waals surface area (Å²) >= 11 is 1.33. The molecule has 0 aliphatic carbocycles. The highest BCUT2D eigenvalue weighted by molar-refractivity contribution is 7.99.